The van der Waals surface area contributed by atoms with Crippen molar-refractivity contribution in [2.24, 2.45) is 0 Å². The van der Waals surface area contributed by atoms with Crippen LogP contribution in [0, 0.1) is 0 Å². The number of thiophene rings is 2. The lowest BCUT2D eigenvalue weighted by atomic mass is 10.2. The molecular formula is C16H14N4OS3. The van der Waals surface area contributed by atoms with Gasteiger partial charge >= 0.3 is 0 Å². The van der Waals surface area contributed by atoms with Gasteiger partial charge in [-0.05, 0) is 22.9 Å². The molecule has 0 radical (unpaired) electrons. The second kappa shape index (κ2) is 6.92. The van der Waals surface area contributed by atoms with Gasteiger partial charge in [-0.1, -0.05) is 36.0 Å². The van der Waals surface area contributed by atoms with Crippen molar-refractivity contribution >= 4 is 34.4 Å². The molecule has 0 aliphatic rings. The molecule has 0 unspecified atom stereocenters. The molecule has 5 nitrogen and oxygen atoms in total. The van der Waals surface area contributed by atoms with Crippen molar-refractivity contribution in [3.05, 3.63) is 46.7 Å². The minimum absolute atomic E-state index is 0.605. The first-order valence-electron chi connectivity index (χ1n) is 7.45. The molecule has 4 rings (SSSR count). The van der Waals surface area contributed by atoms with Crippen molar-refractivity contribution in [3.63, 3.8) is 0 Å². The summed E-state index contributed by atoms with van der Waals surface area (Å²) in [5.74, 6) is 1.97. The van der Waals surface area contributed by atoms with E-state index in [1.54, 1.807) is 34.4 Å². The van der Waals surface area contributed by atoms with Crippen LogP contribution in [0.3, 0.4) is 0 Å². The summed E-state index contributed by atoms with van der Waals surface area (Å²) in [6.45, 7) is 2.01. The Hall–Kier alpha value is -1.90. The number of hydrogen-bond acceptors (Lipinski definition) is 7. The van der Waals surface area contributed by atoms with Crippen LogP contribution in [0.2, 0.25) is 0 Å². The Balaban J connectivity index is 1.61. The Bertz CT molecular complexity index is 858. The fourth-order valence-electron chi connectivity index (χ4n) is 2.23. The summed E-state index contributed by atoms with van der Waals surface area (Å²) in [5, 5.41) is 8.93. The van der Waals surface area contributed by atoms with Crippen LogP contribution in [0.1, 0.15) is 18.6 Å². The number of rotatable bonds is 6. The number of aromatic nitrogens is 4. The second-order valence-corrected chi connectivity index (χ2v) is 7.83. The number of aromatic amines is 1. The molecule has 0 spiro atoms. The van der Waals surface area contributed by atoms with E-state index in [9.17, 15) is 0 Å². The molecule has 0 saturated heterocycles. The molecule has 0 bridgehead atoms. The Kier molecular flexibility index (Phi) is 4.50. The van der Waals surface area contributed by atoms with Gasteiger partial charge in [-0.15, -0.1) is 22.7 Å². The van der Waals surface area contributed by atoms with Crippen molar-refractivity contribution in [3.8, 4) is 21.1 Å². The van der Waals surface area contributed by atoms with Crippen molar-refractivity contribution in [2.45, 2.75) is 24.3 Å². The van der Waals surface area contributed by atoms with Crippen molar-refractivity contribution in [1.29, 1.82) is 0 Å². The molecule has 8 heteroatoms. The predicted molar refractivity (Wildman–Crippen MR) is 98.5 cm³/mol. The number of H-pyrrole nitrogens is 1. The van der Waals surface area contributed by atoms with E-state index in [2.05, 4.69) is 44.1 Å². The summed E-state index contributed by atoms with van der Waals surface area (Å²) < 4.78 is 5.24. The van der Waals surface area contributed by atoms with E-state index in [4.69, 9.17) is 9.51 Å². The fraction of sp³-hybridized carbons (Fsp3) is 0.188. The zero-order valence-electron chi connectivity index (χ0n) is 12.9. The van der Waals surface area contributed by atoms with Crippen LogP contribution in [-0.4, -0.2) is 20.1 Å². The molecule has 122 valence electrons. The van der Waals surface area contributed by atoms with Crippen LogP contribution in [0.15, 0.2) is 44.7 Å². The van der Waals surface area contributed by atoms with Gasteiger partial charge in [0.05, 0.1) is 21.2 Å². The number of thioether (sulfide) groups is 1. The lowest BCUT2D eigenvalue weighted by Crippen LogP contribution is -1.85. The highest BCUT2D eigenvalue weighted by Crippen LogP contribution is 2.37. The van der Waals surface area contributed by atoms with Crippen LogP contribution in [0.5, 0.6) is 0 Å². The number of imidazole rings is 1. The maximum Gasteiger partial charge on any atom is 0.237 e. The molecule has 0 aromatic carbocycles. The normalized spacial score (nSPS) is 11.2. The van der Waals surface area contributed by atoms with Gasteiger partial charge in [0.1, 0.15) is 5.69 Å². The Labute approximate surface area is 151 Å². The quantitative estimate of drug-likeness (QED) is 0.475. The molecule has 4 heterocycles. The van der Waals surface area contributed by atoms with E-state index in [1.807, 2.05) is 13.0 Å². The minimum atomic E-state index is 0.605. The smallest absolute Gasteiger partial charge is 0.237 e. The van der Waals surface area contributed by atoms with E-state index in [0.717, 1.165) is 33.7 Å². The maximum atomic E-state index is 5.24. The highest BCUT2D eigenvalue weighted by atomic mass is 32.2. The van der Waals surface area contributed by atoms with Crippen LogP contribution in [0.4, 0.5) is 0 Å². The Morgan fingerprint density at radius 1 is 1.12 bits per heavy atom. The molecule has 0 fully saturated rings. The summed E-state index contributed by atoms with van der Waals surface area (Å²) in [5.41, 5.74) is 2.06. The van der Waals surface area contributed by atoms with Crippen LogP contribution < -0.4 is 0 Å². The zero-order valence-corrected chi connectivity index (χ0v) is 15.3. The highest BCUT2D eigenvalue weighted by Gasteiger charge is 2.16. The first kappa shape index (κ1) is 15.6. The molecular weight excluding hydrogens is 360 g/mol. The molecule has 0 amide bonds. The van der Waals surface area contributed by atoms with E-state index in [0.29, 0.717) is 11.6 Å². The summed E-state index contributed by atoms with van der Waals surface area (Å²) in [6.07, 6.45) is 0.778. The van der Waals surface area contributed by atoms with E-state index in [-0.39, 0.29) is 0 Å². The third-order valence-corrected chi connectivity index (χ3v) is 5.98. The van der Waals surface area contributed by atoms with Crippen LogP contribution in [-0.2, 0) is 12.2 Å². The average Bonchev–Trinajstić information content (AvgIpc) is 3.40. The zero-order chi connectivity index (χ0) is 16.4. The van der Waals surface area contributed by atoms with Gasteiger partial charge in [0.25, 0.3) is 0 Å². The van der Waals surface area contributed by atoms with Crippen LogP contribution in [0.25, 0.3) is 21.1 Å². The monoisotopic (exact) mass is 374 g/mol. The number of aryl methyl sites for hydroxylation is 1. The standard InChI is InChI=1S/C16H14N4OS3/c1-2-12-17-13(21-20-12)9-24-16-18-14(10-5-3-7-22-10)15(19-16)11-6-4-8-23-11/h3-8H,2,9H2,1H3,(H,18,19). The lowest BCUT2D eigenvalue weighted by molar-refractivity contribution is 0.385. The molecule has 0 saturated carbocycles. The van der Waals surface area contributed by atoms with E-state index in [1.165, 1.54) is 4.88 Å². The Morgan fingerprint density at radius 3 is 2.58 bits per heavy atom. The minimum Gasteiger partial charge on any atom is -0.338 e. The van der Waals surface area contributed by atoms with Crippen molar-refractivity contribution in [2.75, 3.05) is 0 Å². The van der Waals surface area contributed by atoms with Gasteiger partial charge in [-0.25, -0.2) is 4.98 Å². The fourth-order valence-corrected chi connectivity index (χ4v) is 4.39. The predicted octanol–water partition coefficient (Wildman–Crippen LogP) is 5.10. The number of nitrogens with one attached hydrogen (secondary N) is 1. The van der Waals surface area contributed by atoms with Gasteiger partial charge in [-0.2, -0.15) is 4.98 Å². The van der Waals surface area contributed by atoms with Crippen molar-refractivity contribution < 1.29 is 4.52 Å². The molecule has 0 atom stereocenters. The molecule has 4 aromatic heterocycles. The molecule has 24 heavy (non-hydrogen) atoms. The SMILES string of the molecule is CCc1noc(CSc2nc(-c3cccs3)c(-c3cccs3)[nH]2)n1. The topological polar surface area (TPSA) is 67.6 Å². The van der Waals surface area contributed by atoms with Gasteiger partial charge in [0.2, 0.25) is 5.89 Å². The summed E-state index contributed by atoms with van der Waals surface area (Å²) in [7, 11) is 0. The molecule has 0 aliphatic carbocycles. The number of hydrogen-bond donors (Lipinski definition) is 1. The van der Waals surface area contributed by atoms with Gasteiger partial charge in [0, 0.05) is 6.42 Å². The third-order valence-electron chi connectivity index (χ3n) is 3.36. The molecule has 0 aliphatic heterocycles. The summed E-state index contributed by atoms with van der Waals surface area (Å²) in [6, 6.07) is 8.30. The molecule has 4 aromatic rings. The molecule has 1 N–H and O–H groups in total. The summed E-state index contributed by atoms with van der Waals surface area (Å²) >= 11 is 4.97. The lowest BCUT2D eigenvalue weighted by Gasteiger charge is -1.96. The van der Waals surface area contributed by atoms with Crippen molar-refractivity contribution in [1.82, 2.24) is 20.1 Å². The summed E-state index contributed by atoms with van der Waals surface area (Å²) in [4.78, 5) is 14.9. The van der Waals surface area contributed by atoms with Crippen LogP contribution >= 0.6 is 34.4 Å². The van der Waals surface area contributed by atoms with Gasteiger partial charge in [-0.3, -0.25) is 0 Å². The first-order valence-corrected chi connectivity index (χ1v) is 10.2. The van der Waals surface area contributed by atoms with E-state index >= 15 is 0 Å². The highest BCUT2D eigenvalue weighted by molar-refractivity contribution is 7.98. The number of nitrogens with zero attached hydrogens (tertiary/aromatic N) is 3. The largest absolute Gasteiger partial charge is 0.338 e. The second-order valence-electron chi connectivity index (χ2n) is 4.97. The third kappa shape index (κ3) is 3.17. The maximum absolute atomic E-state index is 5.24. The van der Waals surface area contributed by atoms with E-state index < -0.39 is 0 Å². The van der Waals surface area contributed by atoms with Gasteiger partial charge in [0.15, 0.2) is 11.0 Å². The first-order chi connectivity index (χ1) is 11.8. The average molecular weight is 375 g/mol. The Morgan fingerprint density at radius 2 is 1.92 bits per heavy atom. The van der Waals surface area contributed by atoms with Gasteiger partial charge < -0.3 is 9.51 Å².